The van der Waals surface area contributed by atoms with Crippen molar-refractivity contribution in [1.29, 1.82) is 0 Å². The first kappa shape index (κ1) is 10.3. The highest BCUT2D eigenvalue weighted by Crippen LogP contribution is 2.28. The molecule has 0 saturated heterocycles. The Kier molecular flexibility index (Phi) is 2.40. The van der Waals surface area contributed by atoms with Crippen molar-refractivity contribution in [1.82, 2.24) is 9.78 Å². The van der Waals surface area contributed by atoms with E-state index in [-0.39, 0.29) is 5.69 Å². The van der Waals surface area contributed by atoms with Gasteiger partial charge in [-0.2, -0.15) is 5.10 Å². The van der Waals surface area contributed by atoms with Crippen molar-refractivity contribution in [3.8, 4) is 11.3 Å². The van der Waals surface area contributed by atoms with Gasteiger partial charge in [-0.3, -0.25) is 14.8 Å². The molecule has 0 spiro atoms. The lowest BCUT2D eigenvalue weighted by molar-refractivity contribution is -0.384. The summed E-state index contributed by atoms with van der Waals surface area (Å²) in [4.78, 5) is 10.1. The van der Waals surface area contributed by atoms with Crippen LogP contribution in [-0.4, -0.2) is 14.7 Å². The van der Waals surface area contributed by atoms with Crippen LogP contribution in [-0.2, 0) is 7.05 Å². The summed E-state index contributed by atoms with van der Waals surface area (Å²) >= 11 is 0. The third kappa shape index (κ3) is 1.77. The summed E-state index contributed by atoms with van der Waals surface area (Å²) in [5.74, 6) is -0.633. The molecule has 1 heterocycles. The van der Waals surface area contributed by atoms with Crippen LogP contribution in [0.25, 0.3) is 11.3 Å². The zero-order chi connectivity index (χ0) is 11.7. The Morgan fingerprint density at radius 2 is 2.19 bits per heavy atom. The molecular weight excluding hydrogens is 213 g/mol. The van der Waals surface area contributed by atoms with Crippen LogP contribution in [0, 0.1) is 15.9 Å². The Balaban J connectivity index is 2.60. The van der Waals surface area contributed by atoms with Crippen LogP contribution >= 0.6 is 0 Å². The molecule has 0 fully saturated rings. The van der Waals surface area contributed by atoms with Gasteiger partial charge in [-0.25, -0.2) is 4.39 Å². The standard InChI is InChI=1S/C10H8FN3O2/c1-13-5-4-9(12-13)8-3-2-7(11)6-10(8)14(15)16/h2-6H,1H3. The number of hydrogen-bond acceptors (Lipinski definition) is 3. The monoisotopic (exact) mass is 221 g/mol. The fourth-order valence-corrected chi connectivity index (χ4v) is 1.43. The molecule has 16 heavy (non-hydrogen) atoms. The molecule has 0 unspecified atom stereocenters. The molecule has 2 rings (SSSR count). The minimum Gasteiger partial charge on any atom is -0.275 e. The van der Waals surface area contributed by atoms with Gasteiger partial charge in [-0.1, -0.05) is 0 Å². The smallest absolute Gasteiger partial charge is 0.275 e. The molecule has 0 N–H and O–H groups in total. The van der Waals surface area contributed by atoms with E-state index < -0.39 is 10.7 Å². The van der Waals surface area contributed by atoms with E-state index >= 15 is 0 Å². The van der Waals surface area contributed by atoms with Crippen LogP contribution < -0.4 is 0 Å². The van der Waals surface area contributed by atoms with E-state index in [0.717, 1.165) is 6.07 Å². The Morgan fingerprint density at radius 1 is 1.44 bits per heavy atom. The summed E-state index contributed by atoms with van der Waals surface area (Å²) in [5, 5.41) is 14.8. The van der Waals surface area contributed by atoms with Crippen molar-refractivity contribution in [2.45, 2.75) is 0 Å². The molecule has 5 nitrogen and oxygen atoms in total. The van der Waals surface area contributed by atoms with Gasteiger partial charge in [0.1, 0.15) is 5.82 Å². The molecule has 0 radical (unpaired) electrons. The normalized spacial score (nSPS) is 10.4. The third-order valence-electron chi connectivity index (χ3n) is 2.15. The fraction of sp³-hybridized carbons (Fsp3) is 0.100. The summed E-state index contributed by atoms with van der Waals surface area (Å²) in [5.41, 5.74) is 0.486. The average Bonchev–Trinajstić information content (AvgIpc) is 2.64. The molecule has 0 aliphatic rings. The second kappa shape index (κ2) is 3.73. The lowest BCUT2D eigenvalue weighted by Crippen LogP contribution is -1.94. The van der Waals surface area contributed by atoms with Gasteiger partial charge in [0.2, 0.25) is 0 Å². The van der Waals surface area contributed by atoms with E-state index in [9.17, 15) is 14.5 Å². The van der Waals surface area contributed by atoms with Crippen LogP contribution in [0.15, 0.2) is 30.5 Å². The highest BCUT2D eigenvalue weighted by atomic mass is 19.1. The molecular formula is C10H8FN3O2. The van der Waals surface area contributed by atoms with Crippen LogP contribution in [0.4, 0.5) is 10.1 Å². The summed E-state index contributed by atoms with van der Waals surface area (Å²) in [7, 11) is 1.71. The van der Waals surface area contributed by atoms with E-state index in [1.807, 2.05) is 0 Å². The Bertz CT molecular complexity index is 551. The minimum atomic E-state index is -0.633. The zero-order valence-corrected chi connectivity index (χ0v) is 8.42. The number of halogens is 1. The molecule has 0 saturated carbocycles. The molecule has 2 aromatic rings. The van der Waals surface area contributed by atoms with Crippen LogP contribution in [0.1, 0.15) is 0 Å². The predicted molar refractivity (Wildman–Crippen MR) is 55.3 cm³/mol. The lowest BCUT2D eigenvalue weighted by atomic mass is 10.1. The van der Waals surface area contributed by atoms with Gasteiger partial charge in [-0.05, 0) is 18.2 Å². The number of nitrogens with zero attached hydrogens (tertiary/aromatic N) is 3. The number of nitro groups is 1. The number of hydrogen-bond donors (Lipinski definition) is 0. The van der Waals surface area contributed by atoms with Crippen molar-refractivity contribution in [2.24, 2.45) is 7.05 Å². The average molecular weight is 221 g/mol. The van der Waals surface area contributed by atoms with E-state index in [0.29, 0.717) is 11.3 Å². The molecule has 1 aromatic heterocycles. The quantitative estimate of drug-likeness (QED) is 0.576. The van der Waals surface area contributed by atoms with Crippen molar-refractivity contribution in [3.05, 3.63) is 46.4 Å². The molecule has 0 aliphatic carbocycles. The van der Waals surface area contributed by atoms with Crippen molar-refractivity contribution in [3.63, 3.8) is 0 Å². The Morgan fingerprint density at radius 3 is 2.75 bits per heavy atom. The third-order valence-corrected chi connectivity index (χ3v) is 2.15. The molecule has 0 bridgehead atoms. The van der Waals surface area contributed by atoms with Crippen molar-refractivity contribution < 1.29 is 9.31 Å². The molecule has 1 aromatic carbocycles. The predicted octanol–water partition coefficient (Wildman–Crippen LogP) is 2.13. The maximum absolute atomic E-state index is 12.9. The highest BCUT2D eigenvalue weighted by Gasteiger charge is 2.17. The first-order valence-corrected chi connectivity index (χ1v) is 4.52. The Labute approximate surface area is 90.3 Å². The van der Waals surface area contributed by atoms with Gasteiger partial charge in [-0.15, -0.1) is 0 Å². The second-order valence-corrected chi connectivity index (χ2v) is 3.29. The summed E-state index contributed by atoms with van der Waals surface area (Å²) in [6.07, 6.45) is 1.67. The van der Waals surface area contributed by atoms with E-state index in [1.165, 1.54) is 16.8 Å². The van der Waals surface area contributed by atoms with Gasteiger partial charge in [0.25, 0.3) is 5.69 Å². The minimum absolute atomic E-state index is 0.279. The lowest BCUT2D eigenvalue weighted by Gasteiger charge is -1.99. The first-order chi connectivity index (χ1) is 7.58. The topological polar surface area (TPSA) is 61.0 Å². The van der Waals surface area contributed by atoms with Gasteiger partial charge < -0.3 is 0 Å². The zero-order valence-electron chi connectivity index (χ0n) is 8.42. The number of aryl methyl sites for hydroxylation is 1. The largest absolute Gasteiger partial charge is 0.281 e. The van der Waals surface area contributed by atoms with Gasteiger partial charge in [0, 0.05) is 13.2 Å². The fourth-order valence-electron chi connectivity index (χ4n) is 1.43. The van der Waals surface area contributed by atoms with Crippen LogP contribution in [0.5, 0.6) is 0 Å². The number of nitro benzene ring substituents is 1. The first-order valence-electron chi connectivity index (χ1n) is 4.52. The van der Waals surface area contributed by atoms with Gasteiger partial charge in [0.15, 0.2) is 0 Å². The van der Waals surface area contributed by atoms with Crippen molar-refractivity contribution in [2.75, 3.05) is 0 Å². The van der Waals surface area contributed by atoms with Crippen LogP contribution in [0.3, 0.4) is 0 Å². The van der Waals surface area contributed by atoms with Crippen molar-refractivity contribution >= 4 is 5.69 Å². The highest BCUT2D eigenvalue weighted by molar-refractivity contribution is 5.70. The summed E-state index contributed by atoms with van der Waals surface area (Å²) in [6, 6.07) is 5.07. The number of aromatic nitrogens is 2. The molecule has 82 valence electrons. The summed E-state index contributed by atoms with van der Waals surface area (Å²) in [6.45, 7) is 0. The maximum Gasteiger partial charge on any atom is 0.281 e. The molecule has 0 atom stereocenters. The molecule has 0 amide bonds. The maximum atomic E-state index is 12.9. The molecule has 6 heteroatoms. The van der Waals surface area contributed by atoms with E-state index in [2.05, 4.69) is 5.10 Å². The van der Waals surface area contributed by atoms with E-state index in [1.54, 1.807) is 19.3 Å². The van der Waals surface area contributed by atoms with Crippen LogP contribution in [0.2, 0.25) is 0 Å². The SMILES string of the molecule is Cn1ccc(-c2ccc(F)cc2[N+](=O)[O-])n1. The number of rotatable bonds is 2. The van der Waals surface area contributed by atoms with Gasteiger partial charge in [0.05, 0.1) is 22.2 Å². The van der Waals surface area contributed by atoms with Gasteiger partial charge >= 0.3 is 0 Å². The van der Waals surface area contributed by atoms with E-state index in [4.69, 9.17) is 0 Å². The summed E-state index contributed by atoms with van der Waals surface area (Å²) < 4.78 is 14.4. The number of benzene rings is 1. The second-order valence-electron chi connectivity index (χ2n) is 3.29. The Hall–Kier alpha value is -2.24. The molecule has 0 aliphatic heterocycles.